The Kier molecular flexibility index (Phi) is 8.12. The minimum absolute atomic E-state index is 0.122. The van der Waals surface area contributed by atoms with Gasteiger partial charge >= 0.3 is 6.36 Å². The molecule has 9 nitrogen and oxygen atoms in total. The molecule has 196 valence electrons. The fourth-order valence-electron chi connectivity index (χ4n) is 3.33. The summed E-state index contributed by atoms with van der Waals surface area (Å²) >= 11 is 2.18. The molecule has 2 aromatic heterocycles. The number of carbonyl (C=O) groups is 2. The molecule has 1 saturated heterocycles. The highest BCUT2D eigenvalue weighted by atomic mass is 32.1. The number of morpholine rings is 1. The monoisotopic (exact) mass is 554 g/mol. The molecule has 1 aliphatic rings. The Hall–Kier alpha value is -3.46. The van der Waals surface area contributed by atoms with Crippen LogP contribution in [0, 0.1) is 0 Å². The molecule has 0 bridgehead atoms. The number of alkyl halides is 3. The third-order valence-corrected chi connectivity index (χ3v) is 7.26. The summed E-state index contributed by atoms with van der Waals surface area (Å²) in [4.78, 5) is 26.0. The first-order valence-electron chi connectivity index (χ1n) is 10.9. The third kappa shape index (κ3) is 6.85. The van der Waals surface area contributed by atoms with Gasteiger partial charge in [-0.15, -0.1) is 35.8 Å². The number of carbonyl (C=O) groups excluding carboxylic acids is 2. The minimum Gasteiger partial charge on any atom is -0.506 e. The number of halogens is 3. The van der Waals surface area contributed by atoms with Crippen LogP contribution in [0.25, 0.3) is 10.4 Å². The van der Waals surface area contributed by atoms with E-state index < -0.39 is 12.3 Å². The van der Waals surface area contributed by atoms with Gasteiger partial charge in [-0.2, -0.15) is 5.10 Å². The predicted molar refractivity (Wildman–Crippen MR) is 132 cm³/mol. The molecule has 3 N–H and O–H groups in total. The van der Waals surface area contributed by atoms with Crippen molar-refractivity contribution in [2.75, 3.05) is 26.3 Å². The Bertz CT molecular complexity index is 1300. The number of benzene rings is 1. The quantitative estimate of drug-likeness (QED) is 0.298. The van der Waals surface area contributed by atoms with Gasteiger partial charge in [-0.05, 0) is 48.9 Å². The topological polar surface area (TPSA) is 112 Å². The predicted octanol–water partition coefficient (Wildman–Crippen LogP) is 4.21. The number of nitrogens with one attached hydrogen (secondary N) is 2. The average Bonchev–Trinajstić information content (AvgIpc) is 3.50. The number of hydrogen-bond acceptors (Lipinski definition) is 9. The van der Waals surface area contributed by atoms with Crippen LogP contribution in [0.3, 0.4) is 0 Å². The van der Waals surface area contributed by atoms with Gasteiger partial charge in [-0.3, -0.25) is 15.0 Å². The van der Waals surface area contributed by atoms with Crippen molar-refractivity contribution in [3.63, 3.8) is 0 Å². The van der Waals surface area contributed by atoms with Crippen LogP contribution in [0.1, 0.15) is 31.8 Å². The molecule has 0 saturated carbocycles. The molecule has 4 rings (SSSR count). The number of amides is 2. The number of ether oxygens (including phenoxy) is 2. The van der Waals surface area contributed by atoms with Gasteiger partial charge in [0.2, 0.25) is 0 Å². The molecule has 3 aromatic rings. The molecule has 0 radical (unpaired) electrons. The van der Waals surface area contributed by atoms with E-state index in [1.807, 2.05) is 0 Å². The number of hydrogen-bond donors (Lipinski definition) is 3. The van der Waals surface area contributed by atoms with E-state index in [0.29, 0.717) is 52.9 Å². The Morgan fingerprint density at radius 2 is 1.73 bits per heavy atom. The average molecular weight is 555 g/mol. The van der Waals surface area contributed by atoms with Crippen LogP contribution in [0.2, 0.25) is 0 Å². The van der Waals surface area contributed by atoms with Gasteiger partial charge in [0.05, 0.1) is 39.1 Å². The number of hydrazine groups is 1. The number of rotatable bonds is 7. The van der Waals surface area contributed by atoms with E-state index >= 15 is 0 Å². The van der Waals surface area contributed by atoms with Crippen LogP contribution in [0.5, 0.6) is 11.5 Å². The summed E-state index contributed by atoms with van der Waals surface area (Å²) in [7, 11) is 0. The van der Waals surface area contributed by atoms with Gasteiger partial charge in [-0.1, -0.05) is 0 Å². The van der Waals surface area contributed by atoms with Crippen LogP contribution >= 0.6 is 22.7 Å². The second-order valence-corrected chi connectivity index (χ2v) is 9.71. The SMILES string of the molecule is C/C(=N\NC(=O)c1ccc(C(=O)NN2CCOCC2)s1)c1csc(-c2ccc(OC(F)(F)F)cc2)c1O. The van der Waals surface area contributed by atoms with Crippen molar-refractivity contribution in [3.8, 4) is 21.9 Å². The zero-order valence-corrected chi connectivity index (χ0v) is 20.9. The highest BCUT2D eigenvalue weighted by molar-refractivity contribution is 7.16. The van der Waals surface area contributed by atoms with Crippen LogP contribution in [0.4, 0.5) is 13.2 Å². The molecule has 2 amide bonds. The first-order chi connectivity index (χ1) is 17.6. The smallest absolute Gasteiger partial charge is 0.506 e. The van der Waals surface area contributed by atoms with E-state index in [1.165, 1.54) is 29.5 Å². The van der Waals surface area contributed by atoms with E-state index in [0.717, 1.165) is 23.5 Å². The van der Waals surface area contributed by atoms with Crippen molar-refractivity contribution in [2.45, 2.75) is 13.3 Å². The normalized spacial score (nSPS) is 14.9. The molecule has 1 fully saturated rings. The minimum atomic E-state index is -4.79. The molecule has 0 atom stereocenters. The molecule has 0 unspecified atom stereocenters. The zero-order chi connectivity index (χ0) is 26.6. The first-order valence-corrected chi connectivity index (χ1v) is 12.6. The van der Waals surface area contributed by atoms with E-state index in [9.17, 15) is 27.9 Å². The summed E-state index contributed by atoms with van der Waals surface area (Å²) in [6.45, 7) is 3.79. The molecule has 14 heteroatoms. The van der Waals surface area contributed by atoms with Crippen LogP contribution in [0.15, 0.2) is 46.9 Å². The highest BCUT2D eigenvalue weighted by Gasteiger charge is 2.31. The second kappa shape index (κ2) is 11.3. The van der Waals surface area contributed by atoms with Crippen LogP contribution < -0.4 is 15.6 Å². The van der Waals surface area contributed by atoms with E-state index in [1.54, 1.807) is 23.4 Å². The van der Waals surface area contributed by atoms with Gasteiger partial charge in [0.1, 0.15) is 11.5 Å². The maximum absolute atomic E-state index is 12.5. The second-order valence-electron chi connectivity index (χ2n) is 7.74. The lowest BCUT2D eigenvalue weighted by molar-refractivity contribution is -0.274. The molecule has 0 aliphatic carbocycles. The molecule has 3 heterocycles. The fourth-order valence-corrected chi connectivity index (χ4v) is 5.12. The number of nitrogens with zero attached hydrogens (tertiary/aromatic N) is 2. The molecule has 0 spiro atoms. The Balaban J connectivity index is 1.38. The molecular weight excluding hydrogens is 533 g/mol. The lowest BCUT2D eigenvalue weighted by Gasteiger charge is -2.26. The van der Waals surface area contributed by atoms with Crippen molar-refractivity contribution in [3.05, 3.63) is 57.1 Å². The summed E-state index contributed by atoms with van der Waals surface area (Å²) in [6, 6.07) is 8.17. The standard InChI is InChI=1S/C23H21F3N4O5S2/c1-13(16-12-36-20(19(16)31)14-2-4-15(5-3-14)35-23(24,25)26)27-28-21(32)17-6-7-18(37-17)22(33)29-30-8-10-34-11-9-30/h2-7,12,31H,8-11H2,1H3,(H,28,32)(H,29,33)/b27-13+. The summed E-state index contributed by atoms with van der Waals surface area (Å²) in [5, 5.41) is 18.1. The Labute approximate surface area is 217 Å². The van der Waals surface area contributed by atoms with Gasteiger partial charge in [0.15, 0.2) is 0 Å². The lowest BCUT2D eigenvalue weighted by atomic mass is 10.1. The lowest BCUT2D eigenvalue weighted by Crippen LogP contribution is -2.48. The van der Waals surface area contributed by atoms with Crippen molar-refractivity contribution < 1.29 is 37.3 Å². The van der Waals surface area contributed by atoms with Gasteiger partial charge < -0.3 is 14.6 Å². The summed E-state index contributed by atoms with van der Waals surface area (Å²) in [5.41, 5.74) is 6.34. The number of thiophene rings is 2. The summed E-state index contributed by atoms with van der Waals surface area (Å²) in [5.74, 6) is -1.34. The molecule has 1 aliphatic heterocycles. The van der Waals surface area contributed by atoms with Crippen molar-refractivity contribution >= 4 is 40.2 Å². The Morgan fingerprint density at radius 3 is 2.38 bits per heavy atom. The first kappa shape index (κ1) is 26.6. The van der Waals surface area contributed by atoms with Crippen molar-refractivity contribution in [1.82, 2.24) is 15.9 Å². The van der Waals surface area contributed by atoms with E-state index in [4.69, 9.17) is 4.74 Å². The largest absolute Gasteiger partial charge is 0.573 e. The maximum atomic E-state index is 12.5. The molecular formula is C23H21F3N4O5S2. The highest BCUT2D eigenvalue weighted by Crippen LogP contribution is 2.39. The van der Waals surface area contributed by atoms with Gasteiger partial charge in [0, 0.05) is 18.5 Å². The van der Waals surface area contributed by atoms with E-state index in [2.05, 4.69) is 20.7 Å². The number of hydrazone groups is 1. The van der Waals surface area contributed by atoms with Crippen LogP contribution in [-0.2, 0) is 4.74 Å². The molecule has 1 aromatic carbocycles. The van der Waals surface area contributed by atoms with E-state index in [-0.39, 0.29) is 22.3 Å². The summed E-state index contributed by atoms with van der Waals surface area (Å²) < 4.78 is 46.2. The van der Waals surface area contributed by atoms with Crippen LogP contribution in [-0.4, -0.2) is 60.3 Å². The van der Waals surface area contributed by atoms with Crippen molar-refractivity contribution in [2.24, 2.45) is 5.10 Å². The number of aromatic hydroxyl groups is 1. The fraction of sp³-hybridized carbons (Fsp3) is 0.261. The maximum Gasteiger partial charge on any atom is 0.573 e. The zero-order valence-electron chi connectivity index (χ0n) is 19.3. The summed E-state index contributed by atoms with van der Waals surface area (Å²) in [6.07, 6.45) is -4.79. The van der Waals surface area contributed by atoms with Crippen molar-refractivity contribution in [1.29, 1.82) is 0 Å². The van der Waals surface area contributed by atoms with Gasteiger partial charge in [0.25, 0.3) is 11.8 Å². The molecule has 37 heavy (non-hydrogen) atoms. The van der Waals surface area contributed by atoms with Gasteiger partial charge in [-0.25, -0.2) is 10.4 Å². The Morgan fingerprint density at radius 1 is 1.08 bits per heavy atom. The third-order valence-electron chi connectivity index (χ3n) is 5.15.